The highest BCUT2D eigenvalue weighted by Crippen LogP contribution is 2.28. The van der Waals surface area contributed by atoms with E-state index in [0.717, 1.165) is 36.1 Å². The predicted molar refractivity (Wildman–Crippen MR) is 131 cm³/mol. The van der Waals surface area contributed by atoms with Crippen molar-refractivity contribution in [2.75, 3.05) is 20.3 Å². The van der Waals surface area contributed by atoms with Gasteiger partial charge in [-0.15, -0.1) is 5.10 Å². The van der Waals surface area contributed by atoms with Gasteiger partial charge in [0.05, 0.1) is 24.9 Å². The Hall–Kier alpha value is -3.39. The fourth-order valence-electron chi connectivity index (χ4n) is 3.25. The maximum Gasteiger partial charge on any atom is 0.291 e. The van der Waals surface area contributed by atoms with Crippen molar-refractivity contribution in [1.82, 2.24) is 14.6 Å². The molecule has 0 aliphatic heterocycles. The minimum atomic E-state index is -0.195. The summed E-state index contributed by atoms with van der Waals surface area (Å²) in [5.74, 6) is 2.66. The molecule has 2 heterocycles. The molecule has 0 N–H and O–H groups in total. The molecule has 0 aliphatic rings. The number of unbranched alkanes of at least 4 members (excludes halogenated alkanes) is 1. The summed E-state index contributed by atoms with van der Waals surface area (Å²) in [4.78, 5) is 18.0. The van der Waals surface area contributed by atoms with E-state index in [2.05, 4.69) is 23.9 Å². The van der Waals surface area contributed by atoms with Crippen LogP contribution in [0.1, 0.15) is 38.7 Å². The zero-order valence-corrected chi connectivity index (χ0v) is 19.9. The largest absolute Gasteiger partial charge is 0.494 e. The van der Waals surface area contributed by atoms with E-state index in [1.54, 1.807) is 7.11 Å². The zero-order chi connectivity index (χ0) is 23.2. The van der Waals surface area contributed by atoms with Crippen molar-refractivity contribution in [3.05, 3.63) is 62.9 Å². The Morgan fingerprint density at radius 2 is 1.82 bits per heavy atom. The summed E-state index contributed by atoms with van der Waals surface area (Å²) in [7, 11) is 1.61. The van der Waals surface area contributed by atoms with Gasteiger partial charge in [-0.1, -0.05) is 37.7 Å². The molecule has 2 aromatic carbocycles. The van der Waals surface area contributed by atoms with Gasteiger partial charge in [0, 0.05) is 5.56 Å². The fraction of sp³-hybridized carbons (Fsp3) is 0.320. The Morgan fingerprint density at radius 1 is 1.00 bits per heavy atom. The highest BCUT2D eigenvalue weighted by molar-refractivity contribution is 7.15. The van der Waals surface area contributed by atoms with Gasteiger partial charge in [-0.25, -0.2) is 0 Å². The molecule has 0 bridgehead atoms. The minimum Gasteiger partial charge on any atom is -0.494 e. The summed E-state index contributed by atoms with van der Waals surface area (Å²) in [5.41, 5.74) is 1.49. The Morgan fingerprint density at radius 3 is 2.52 bits per heavy atom. The molecule has 172 valence electrons. The molecule has 0 fully saturated rings. The summed E-state index contributed by atoms with van der Waals surface area (Å²) >= 11 is 1.31. The SMILES string of the molecule is CCCCOc1ccc(C=c2sc3nc(-c4ccc(OCCC)cc4)nn3c2=O)cc1OC. The Labute approximate surface area is 196 Å². The summed E-state index contributed by atoms with van der Waals surface area (Å²) in [5, 5.41) is 4.42. The first-order valence-electron chi connectivity index (χ1n) is 11.1. The lowest BCUT2D eigenvalue weighted by atomic mass is 10.2. The number of aromatic nitrogens is 3. The molecule has 0 spiro atoms. The number of benzene rings is 2. The van der Waals surface area contributed by atoms with Crippen LogP contribution in [0.2, 0.25) is 0 Å². The van der Waals surface area contributed by atoms with Gasteiger partial charge in [0.15, 0.2) is 17.3 Å². The van der Waals surface area contributed by atoms with Gasteiger partial charge in [0.25, 0.3) is 5.56 Å². The van der Waals surface area contributed by atoms with Crippen molar-refractivity contribution in [1.29, 1.82) is 0 Å². The van der Waals surface area contributed by atoms with Crippen LogP contribution in [0.5, 0.6) is 17.2 Å². The minimum absolute atomic E-state index is 0.195. The highest BCUT2D eigenvalue weighted by Gasteiger charge is 2.13. The number of hydrogen-bond acceptors (Lipinski definition) is 7. The van der Waals surface area contributed by atoms with Crippen LogP contribution < -0.4 is 24.3 Å². The van der Waals surface area contributed by atoms with Crippen LogP contribution in [0.25, 0.3) is 22.4 Å². The molecule has 2 aromatic heterocycles. The number of thiazole rings is 1. The van der Waals surface area contributed by atoms with Crippen molar-refractivity contribution in [3.63, 3.8) is 0 Å². The van der Waals surface area contributed by atoms with Crippen LogP contribution in [0.4, 0.5) is 0 Å². The van der Waals surface area contributed by atoms with Gasteiger partial charge in [0.1, 0.15) is 5.75 Å². The topological polar surface area (TPSA) is 75.0 Å². The molecule has 0 amide bonds. The molecular weight excluding hydrogens is 438 g/mol. The van der Waals surface area contributed by atoms with E-state index in [1.165, 1.54) is 15.9 Å². The molecule has 0 radical (unpaired) electrons. The van der Waals surface area contributed by atoms with Gasteiger partial charge < -0.3 is 14.2 Å². The standard InChI is InChI=1S/C25H27N3O4S/c1-4-6-14-32-20-12-7-17(15-21(20)30-3)16-22-24(29)28-25(33-22)26-23(27-28)18-8-10-19(11-9-18)31-13-5-2/h7-12,15-16H,4-6,13-14H2,1-3H3. The highest BCUT2D eigenvalue weighted by atomic mass is 32.1. The number of ether oxygens (including phenoxy) is 3. The lowest BCUT2D eigenvalue weighted by Gasteiger charge is -2.10. The van der Waals surface area contributed by atoms with Gasteiger partial charge >= 0.3 is 0 Å². The number of methoxy groups -OCH3 is 1. The van der Waals surface area contributed by atoms with Gasteiger partial charge in [-0.2, -0.15) is 9.50 Å². The van der Waals surface area contributed by atoms with E-state index in [4.69, 9.17) is 14.2 Å². The lowest BCUT2D eigenvalue weighted by molar-refractivity contribution is 0.288. The van der Waals surface area contributed by atoms with Crippen LogP contribution >= 0.6 is 11.3 Å². The van der Waals surface area contributed by atoms with Crippen molar-refractivity contribution in [2.45, 2.75) is 33.1 Å². The fourth-order valence-corrected chi connectivity index (χ4v) is 4.15. The molecule has 0 saturated heterocycles. The molecular formula is C25H27N3O4S. The zero-order valence-electron chi connectivity index (χ0n) is 19.0. The van der Waals surface area contributed by atoms with E-state index < -0.39 is 0 Å². The first-order chi connectivity index (χ1) is 16.1. The van der Waals surface area contributed by atoms with Crippen molar-refractivity contribution in [3.8, 4) is 28.6 Å². The average Bonchev–Trinajstić information content (AvgIpc) is 3.38. The van der Waals surface area contributed by atoms with Crippen LogP contribution in [-0.4, -0.2) is 34.9 Å². The monoisotopic (exact) mass is 465 g/mol. The summed E-state index contributed by atoms with van der Waals surface area (Å²) in [6.45, 7) is 5.51. The smallest absolute Gasteiger partial charge is 0.291 e. The number of nitrogens with zero attached hydrogens (tertiary/aromatic N) is 3. The van der Waals surface area contributed by atoms with Crippen molar-refractivity contribution in [2.24, 2.45) is 0 Å². The van der Waals surface area contributed by atoms with Crippen molar-refractivity contribution >= 4 is 22.4 Å². The summed E-state index contributed by atoms with van der Waals surface area (Å²) in [6.07, 6.45) is 4.82. The Kier molecular flexibility index (Phi) is 7.24. The van der Waals surface area contributed by atoms with Crippen LogP contribution in [-0.2, 0) is 0 Å². The van der Waals surface area contributed by atoms with Crippen LogP contribution in [0.15, 0.2) is 47.3 Å². The maximum atomic E-state index is 12.9. The molecule has 0 atom stereocenters. The third-order valence-electron chi connectivity index (χ3n) is 5.01. The second kappa shape index (κ2) is 10.5. The molecule has 0 saturated carbocycles. The first-order valence-corrected chi connectivity index (χ1v) is 11.9. The van der Waals surface area contributed by atoms with E-state index in [1.807, 2.05) is 48.5 Å². The molecule has 33 heavy (non-hydrogen) atoms. The quantitative estimate of drug-likeness (QED) is 0.324. The maximum absolute atomic E-state index is 12.9. The number of hydrogen-bond donors (Lipinski definition) is 0. The van der Waals surface area contributed by atoms with E-state index in [0.29, 0.717) is 40.0 Å². The third kappa shape index (κ3) is 5.17. The Bertz CT molecular complexity index is 1330. The van der Waals surface area contributed by atoms with E-state index in [-0.39, 0.29) is 5.56 Å². The van der Waals surface area contributed by atoms with Crippen molar-refractivity contribution < 1.29 is 14.2 Å². The van der Waals surface area contributed by atoms with E-state index in [9.17, 15) is 4.79 Å². The van der Waals surface area contributed by atoms with E-state index >= 15 is 0 Å². The molecule has 7 nitrogen and oxygen atoms in total. The molecule has 0 unspecified atom stereocenters. The van der Waals surface area contributed by atoms with Gasteiger partial charge in [0.2, 0.25) is 4.96 Å². The molecule has 4 rings (SSSR count). The molecule has 0 aliphatic carbocycles. The van der Waals surface area contributed by atoms with Crippen LogP contribution in [0.3, 0.4) is 0 Å². The van der Waals surface area contributed by atoms with Gasteiger partial charge in [-0.05, 0) is 60.9 Å². The second-order valence-corrected chi connectivity index (χ2v) is 8.54. The predicted octanol–water partition coefficient (Wildman–Crippen LogP) is 4.34. The normalized spacial score (nSPS) is 11.8. The average molecular weight is 466 g/mol. The summed E-state index contributed by atoms with van der Waals surface area (Å²) in [6, 6.07) is 13.2. The molecule has 4 aromatic rings. The third-order valence-corrected chi connectivity index (χ3v) is 5.97. The van der Waals surface area contributed by atoms with Crippen LogP contribution in [0, 0.1) is 0 Å². The first kappa shape index (κ1) is 22.8. The number of rotatable bonds is 10. The lowest BCUT2D eigenvalue weighted by Crippen LogP contribution is -2.23. The van der Waals surface area contributed by atoms with Gasteiger partial charge in [-0.3, -0.25) is 4.79 Å². The number of fused-ring (bicyclic) bond motifs is 1. The molecule has 8 heteroatoms. The summed E-state index contributed by atoms with van der Waals surface area (Å²) < 4.78 is 18.8. The Balaban J connectivity index is 1.59. The second-order valence-electron chi connectivity index (χ2n) is 7.53.